The van der Waals surface area contributed by atoms with Crippen molar-refractivity contribution < 1.29 is 4.39 Å². The summed E-state index contributed by atoms with van der Waals surface area (Å²) in [6.45, 7) is 3.97. The topological polar surface area (TPSA) is 24.9 Å². The zero-order valence-electron chi connectivity index (χ0n) is 9.50. The first-order valence-corrected chi connectivity index (χ1v) is 6.61. The van der Waals surface area contributed by atoms with E-state index in [4.69, 9.17) is 0 Å². The van der Waals surface area contributed by atoms with Crippen LogP contribution in [0.25, 0.3) is 0 Å². The minimum atomic E-state index is -0.263. The van der Waals surface area contributed by atoms with Crippen molar-refractivity contribution in [2.24, 2.45) is 0 Å². The number of aromatic nitrogens is 1. The SMILES string of the molecule is CC1(CNCc2cncc(F)c2)CCCS1. The Kier molecular flexibility index (Phi) is 3.82. The summed E-state index contributed by atoms with van der Waals surface area (Å²) >= 11 is 2.03. The molecule has 1 atom stereocenters. The van der Waals surface area contributed by atoms with E-state index in [-0.39, 0.29) is 5.82 Å². The molecule has 1 fully saturated rings. The number of thioether (sulfide) groups is 1. The van der Waals surface area contributed by atoms with Crippen molar-refractivity contribution in [3.8, 4) is 0 Å². The van der Waals surface area contributed by atoms with E-state index in [2.05, 4.69) is 17.2 Å². The lowest BCUT2D eigenvalue weighted by molar-refractivity contribution is 0.535. The highest BCUT2D eigenvalue weighted by Gasteiger charge is 2.28. The van der Waals surface area contributed by atoms with Gasteiger partial charge in [0.15, 0.2) is 0 Å². The van der Waals surface area contributed by atoms with Crippen LogP contribution in [-0.4, -0.2) is 22.0 Å². The van der Waals surface area contributed by atoms with Gasteiger partial charge in [0, 0.05) is 24.0 Å². The third-order valence-corrected chi connectivity index (χ3v) is 4.43. The molecule has 2 heterocycles. The molecule has 2 nitrogen and oxygen atoms in total. The van der Waals surface area contributed by atoms with Crippen LogP contribution in [0, 0.1) is 5.82 Å². The Balaban J connectivity index is 1.79. The lowest BCUT2D eigenvalue weighted by Crippen LogP contribution is -2.32. The van der Waals surface area contributed by atoms with Crippen LogP contribution < -0.4 is 5.32 Å². The maximum absolute atomic E-state index is 12.9. The third kappa shape index (κ3) is 3.19. The van der Waals surface area contributed by atoms with Gasteiger partial charge in [0.1, 0.15) is 5.82 Å². The molecule has 1 N–H and O–H groups in total. The van der Waals surface area contributed by atoms with Crippen LogP contribution >= 0.6 is 11.8 Å². The first-order chi connectivity index (χ1) is 7.68. The lowest BCUT2D eigenvalue weighted by Gasteiger charge is -2.22. The van der Waals surface area contributed by atoms with E-state index >= 15 is 0 Å². The van der Waals surface area contributed by atoms with Crippen LogP contribution in [0.4, 0.5) is 4.39 Å². The number of hydrogen-bond donors (Lipinski definition) is 1. The maximum atomic E-state index is 12.9. The fourth-order valence-corrected chi connectivity index (χ4v) is 3.27. The monoisotopic (exact) mass is 240 g/mol. The number of nitrogens with one attached hydrogen (secondary N) is 1. The first kappa shape index (κ1) is 11.9. The third-order valence-electron chi connectivity index (χ3n) is 2.89. The van der Waals surface area contributed by atoms with Gasteiger partial charge < -0.3 is 5.32 Å². The van der Waals surface area contributed by atoms with Gasteiger partial charge in [-0.1, -0.05) is 0 Å². The summed E-state index contributed by atoms with van der Waals surface area (Å²) in [5.41, 5.74) is 0.909. The molecule has 0 aliphatic carbocycles. The molecular weight excluding hydrogens is 223 g/mol. The Labute approximate surface area is 100 Å². The summed E-state index contributed by atoms with van der Waals surface area (Å²) in [4.78, 5) is 3.83. The number of halogens is 1. The van der Waals surface area contributed by atoms with E-state index in [1.54, 1.807) is 6.20 Å². The molecule has 0 radical (unpaired) electrons. The Hall–Kier alpha value is -0.610. The van der Waals surface area contributed by atoms with E-state index in [9.17, 15) is 4.39 Å². The van der Waals surface area contributed by atoms with E-state index < -0.39 is 0 Å². The predicted molar refractivity (Wildman–Crippen MR) is 66.0 cm³/mol. The molecule has 2 rings (SSSR count). The molecule has 88 valence electrons. The van der Waals surface area contributed by atoms with Crippen molar-refractivity contribution in [1.29, 1.82) is 0 Å². The Morgan fingerprint density at radius 3 is 3.12 bits per heavy atom. The van der Waals surface area contributed by atoms with Gasteiger partial charge in [0.25, 0.3) is 0 Å². The van der Waals surface area contributed by atoms with Crippen LogP contribution in [0.1, 0.15) is 25.3 Å². The van der Waals surface area contributed by atoms with E-state index in [1.165, 1.54) is 30.9 Å². The summed E-state index contributed by atoms with van der Waals surface area (Å²) in [7, 11) is 0. The van der Waals surface area contributed by atoms with Crippen LogP contribution in [0.2, 0.25) is 0 Å². The molecule has 0 spiro atoms. The quantitative estimate of drug-likeness (QED) is 0.875. The van der Waals surface area contributed by atoms with E-state index in [0.29, 0.717) is 11.3 Å². The molecule has 1 aromatic rings. The predicted octanol–water partition coefficient (Wildman–Crippen LogP) is 2.60. The second-order valence-electron chi connectivity index (χ2n) is 4.52. The minimum absolute atomic E-state index is 0.263. The minimum Gasteiger partial charge on any atom is -0.311 e. The van der Waals surface area contributed by atoms with Gasteiger partial charge >= 0.3 is 0 Å². The summed E-state index contributed by atoms with van der Waals surface area (Å²) in [6, 6.07) is 1.53. The highest BCUT2D eigenvalue weighted by molar-refractivity contribution is 8.00. The second-order valence-corrected chi connectivity index (χ2v) is 6.20. The summed E-state index contributed by atoms with van der Waals surface area (Å²) in [6.07, 6.45) is 5.52. The molecule has 4 heteroatoms. The molecule has 16 heavy (non-hydrogen) atoms. The Bertz CT molecular complexity index is 351. The normalized spacial score (nSPS) is 24.9. The van der Waals surface area contributed by atoms with Crippen LogP contribution in [-0.2, 0) is 6.54 Å². The zero-order chi connectivity index (χ0) is 11.4. The van der Waals surface area contributed by atoms with Crippen LogP contribution in [0.3, 0.4) is 0 Å². The number of hydrogen-bond acceptors (Lipinski definition) is 3. The molecule has 1 aromatic heterocycles. The van der Waals surface area contributed by atoms with Gasteiger partial charge in [-0.05, 0) is 37.1 Å². The number of rotatable bonds is 4. The molecule has 0 bridgehead atoms. The van der Waals surface area contributed by atoms with Crippen molar-refractivity contribution in [3.63, 3.8) is 0 Å². The molecule has 1 unspecified atom stereocenters. The van der Waals surface area contributed by atoms with Gasteiger partial charge in [-0.15, -0.1) is 0 Å². The molecule has 0 amide bonds. The van der Waals surface area contributed by atoms with Crippen molar-refractivity contribution in [2.45, 2.75) is 31.1 Å². The fourth-order valence-electron chi connectivity index (χ4n) is 2.00. The molecule has 1 saturated heterocycles. The van der Waals surface area contributed by atoms with Crippen LogP contribution in [0.5, 0.6) is 0 Å². The standard InChI is InChI=1S/C12H17FN2S/c1-12(3-2-4-16-12)9-15-7-10-5-11(13)8-14-6-10/h5-6,8,15H,2-4,7,9H2,1H3. The highest BCUT2D eigenvalue weighted by Crippen LogP contribution is 2.36. The summed E-state index contributed by atoms with van der Waals surface area (Å²) in [5, 5.41) is 3.38. The molecule has 1 aliphatic rings. The van der Waals surface area contributed by atoms with E-state index in [0.717, 1.165) is 12.1 Å². The van der Waals surface area contributed by atoms with Gasteiger partial charge in [-0.2, -0.15) is 11.8 Å². The molecule has 0 saturated carbocycles. The van der Waals surface area contributed by atoms with Gasteiger partial charge in [-0.3, -0.25) is 4.98 Å². The number of pyridine rings is 1. The maximum Gasteiger partial charge on any atom is 0.141 e. The second kappa shape index (κ2) is 5.15. The zero-order valence-corrected chi connectivity index (χ0v) is 10.3. The first-order valence-electron chi connectivity index (χ1n) is 5.62. The summed E-state index contributed by atoms with van der Waals surface area (Å²) < 4.78 is 13.2. The molecular formula is C12H17FN2S. The Morgan fingerprint density at radius 2 is 2.44 bits per heavy atom. The highest BCUT2D eigenvalue weighted by atomic mass is 32.2. The van der Waals surface area contributed by atoms with Crippen molar-refractivity contribution in [1.82, 2.24) is 10.3 Å². The van der Waals surface area contributed by atoms with Crippen molar-refractivity contribution in [2.75, 3.05) is 12.3 Å². The smallest absolute Gasteiger partial charge is 0.141 e. The molecule has 0 aromatic carbocycles. The lowest BCUT2D eigenvalue weighted by atomic mass is 10.1. The van der Waals surface area contributed by atoms with Crippen molar-refractivity contribution in [3.05, 3.63) is 29.8 Å². The Morgan fingerprint density at radius 1 is 1.56 bits per heavy atom. The molecule has 1 aliphatic heterocycles. The number of nitrogens with zero attached hydrogens (tertiary/aromatic N) is 1. The van der Waals surface area contributed by atoms with Gasteiger partial charge in [0.2, 0.25) is 0 Å². The fraction of sp³-hybridized carbons (Fsp3) is 0.583. The van der Waals surface area contributed by atoms with Gasteiger partial charge in [-0.25, -0.2) is 4.39 Å². The van der Waals surface area contributed by atoms with E-state index in [1.807, 2.05) is 11.8 Å². The van der Waals surface area contributed by atoms with Gasteiger partial charge in [0.05, 0.1) is 6.20 Å². The van der Waals surface area contributed by atoms with Crippen LogP contribution in [0.15, 0.2) is 18.5 Å². The largest absolute Gasteiger partial charge is 0.311 e. The summed E-state index contributed by atoms with van der Waals surface area (Å²) in [5.74, 6) is 1.00. The van der Waals surface area contributed by atoms with Crippen molar-refractivity contribution >= 4 is 11.8 Å². The average Bonchev–Trinajstić information content (AvgIpc) is 2.65. The average molecular weight is 240 g/mol.